The van der Waals surface area contributed by atoms with E-state index in [2.05, 4.69) is 0 Å². The molecule has 0 bridgehead atoms. The van der Waals surface area contributed by atoms with Crippen molar-refractivity contribution in [1.82, 2.24) is 0 Å². The maximum Gasteiger partial charge on any atom is 0.308 e. The lowest BCUT2D eigenvalue weighted by molar-refractivity contribution is -0.131. The summed E-state index contributed by atoms with van der Waals surface area (Å²) in [5, 5.41) is 0. The summed E-state index contributed by atoms with van der Waals surface area (Å²) in [5.74, 6) is -0.816. The van der Waals surface area contributed by atoms with Crippen LogP contribution in [0.2, 0.25) is 0 Å². The third-order valence-corrected chi connectivity index (χ3v) is 5.56. The number of hydrogen-bond donors (Lipinski definition) is 0. The van der Waals surface area contributed by atoms with Crippen molar-refractivity contribution in [3.8, 4) is 22.6 Å². The van der Waals surface area contributed by atoms with Crippen molar-refractivity contribution in [2.24, 2.45) is 0 Å². The van der Waals surface area contributed by atoms with E-state index in [0.717, 1.165) is 5.56 Å². The zero-order valence-corrected chi connectivity index (χ0v) is 16.5. The van der Waals surface area contributed by atoms with E-state index in [0.29, 0.717) is 21.1 Å². The molecule has 6 heteroatoms. The molecular formula is C22H19FO4S. The van der Waals surface area contributed by atoms with Gasteiger partial charge in [0, 0.05) is 17.4 Å². The average Bonchev–Trinajstić information content (AvgIpc) is 2.67. The number of carbonyl (C=O) groups excluding carboxylic acids is 1. The second kappa shape index (κ2) is 8.35. The van der Waals surface area contributed by atoms with E-state index >= 15 is 0 Å². The van der Waals surface area contributed by atoms with Gasteiger partial charge >= 0.3 is 5.97 Å². The van der Waals surface area contributed by atoms with E-state index < -0.39 is 22.6 Å². The molecule has 0 aromatic heterocycles. The van der Waals surface area contributed by atoms with Crippen LogP contribution in [0.4, 0.5) is 4.39 Å². The zero-order valence-electron chi connectivity index (χ0n) is 15.7. The molecule has 0 aliphatic carbocycles. The molecule has 0 spiro atoms. The van der Waals surface area contributed by atoms with Crippen LogP contribution in [0.5, 0.6) is 11.5 Å². The van der Waals surface area contributed by atoms with Crippen molar-refractivity contribution in [3.63, 3.8) is 0 Å². The normalized spacial score (nSPS) is 11.7. The number of rotatable bonds is 5. The topological polar surface area (TPSA) is 52.6 Å². The van der Waals surface area contributed by atoms with Gasteiger partial charge in [0.1, 0.15) is 17.3 Å². The summed E-state index contributed by atoms with van der Waals surface area (Å²) in [6, 6.07) is 16.4. The first-order valence-electron chi connectivity index (χ1n) is 8.55. The Labute approximate surface area is 165 Å². The van der Waals surface area contributed by atoms with Gasteiger partial charge in [-0.25, -0.2) is 8.60 Å². The number of ether oxygens (including phenoxy) is 2. The molecule has 0 fully saturated rings. The fraction of sp³-hybridized carbons (Fsp3) is 0.136. The Balaban J connectivity index is 2.26. The summed E-state index contributed by atoms with van der Waals surface area (Å²) in [6.45, 7) is 3.18. The van der Waals surface area contributed by atoms with Crippen LogP contribution in [-0.4, -0.2) is 17.3 Å². The highest BCUT2D eigenvalue weighted by molar-refractivity contribution is 7.85. The Hall–Kier alpha value is -2.99. The molecule has 4 nitrogen and oxygen atoms in total. The number of methoxy groups -OCH3 is 1. The number of halogens is 1. The lowest BCUT2D eigenvalue weighted by Gasteiger charge is -2.17. The van der Waals surface area contributed by atoms with Gasteiger partial charge in [-0.15, -0.1) is 0 Å². The van der Waals surface area contributed by atoms with Crippen LogP contribution < -0.4 is 9.47 Å². The van der Waals surface area contributed by atoms with Crippen LogP contribution >= 0.6 is 0 Å². The van der Waals surface area contributed by atoms with Crippen LogP contribution in [0.25, 0.3) is 11.1 Å². The van der Waals surface area contributed by atoms with Crippen molar-refractivity contribution >= 4 is 16.8 Å². The first kappa shape index (κ1) is 19.8. The van der Waals surface area contributed by atoms with Crippen LogP contribution in [0.1, 0.15) is 12.5 Å². The predicted molar refractivity (Wildman–Crippen MR) is 106 cm³/mol. The minimum Gasteiger partial charge on any atom is -0.496 e. The number of carbonyl (C=O) groups is 1. The number of aryl methyl sites for hydroxylation is 1. The highest BCUT2D eigenvalue weighted by Gasteiger charge is 2.24. The minimum absolute atomic E-state index is 0.0330. The molecule has 0 heterocycles. The smallest absolute Gasteiger partial charge is 0.308 e. The molecule has 1 atom stereocenters. The Morgan fingerprint density at radius 1 is 0.929 bits per heavy atom. The van der Waals surface area contributed by atoms with Crippen molar-refractivity contribution in [3.05, 3.63) is 72.0 Å². The molecule has 3 aromatic rings. The third-order valence-electron chi connectivity index (χ3n) is 4.12. The molecular weight excluding hydrogens is 379 g/mol. The second-order valence-corrected chi connectivity index (χ2v) is 7.57. The molecule has 0 radical (unpaired) electrons. The standard InChI is InChI=1S/C22H19FO4S/c1-14-10-12-16(13-11-14)28(25)20-9-5-7-18(26-3)22(20)21-17(23)6-4-8-19(21)27-15(2)24/h4-13H,1-3H3. The predicted octanol–water partition coefficient (Wildman–Crippen LogP) is 4.90. The zero-order chi connectivity index (χ0) is 20.3. The second-order valence-electron chi connectivity index (χ2n) is 6.12. The Bertz CT molecular complexity index is 1040. The van der Waals surface area contributed by atoms with E-state index in [9.17, 15) is 13.4 Å². The average molecular weight is 398 g/mol. The van der Waals surface area contributed by atoms with Gasteiger partial charge in [0.25, 0.3) is 0 Å². The van der Waals surface area contributed by atoms with Gasteiger partial charge in [0.2, 0.25) is 0 Å². The van der Waals surface area contributed by atoms with Gasteiger partial charge in [0.15, 0.2) is 0 Å². The van der Waals surface area contributed by atoms with Gasteiger partial charge in [-0.05, 0) is 43.3 Å². The molecule has 0 saturated carbocycles. The van der Waals surface area contributed by atoms with Crippen LogP contribution in [0, 0.1) is 12.7 Å². The fourth-order valence-electron chi connectivity index (χ4n) is 2.86. The number of benzene rings is 3. The molecule has 28 heavy (non-hydrogen) atoms. The summed E-state index contributed by atoms with van der Waals surface area (Å²) in [4.78, 5) is 12.4. The summed E-state index contributed by atoms with van der Waals surface area (Å²) in [6.07, 6.45) is 0. The first-order chi connectivity index (χ1) is 13.4. The summed E-state index contributed by atoms with van der Waals surface area (Å²) in [7, 11) is -0.147. The number of hydrogen-bond acceptors (Lipinski definition) is 4. The van der Waals surface area contributed by atoms with Gasteiger partial charge in [0.05, 0.1) is 28.4 Å². The summed E-state index contributed by atoms with van der Waals surface area (Å²) >= 11 is 0. The van der Waals surface area contributed by atoms with Gasteiger partial charge in [-0.3, -0.25) is 4.79 Å². The van der Waals surface area contributed by atoms with Crippen LogP contribution in [0.3, 0.4) is 0 Å². The maximum atomic E-state index is 14.9. The molecule has 144 valence electrons. The van der Waals surface area contributed by atoms with Gasteiger partial charge in [-0.1, -0.05) is 29.8 Å². The molecule has 0 aliphatic heterocycles. The Morgan fingerprint density at radius 2 is 1.57 bits per heavy atom. The van der Waals surface area contributed by atoms with Crippen molar-refractivity contribution < 1.29 is 22.9 Å². The molecule has 0 N–H and O–H groups in total. The summed E-state index contributed by atoms with van der Waals surface area (Å²) < 4.78 is 38.8. The van der Waals surface area contributed by atoms with E-state index in [1.807, 2.05) is 19.1 Å². The van der Waals surface area contributed by atoms with E-state index in [1.54, 1.807) is 30.3 Å². The molecule has 1 unspecified atom stereocenters. The van der Waals surface area contributed by atoms with E-state index in [4.69, 9.17) is 9.47 Å². The molecule has 3 rings (SSSR count). The molecule has 0 aliphatic rings. The quantitative estimate of drug-likeness (QED) is 0.453. The molecule has 0 amide bonds. The largest absolute Gasteiger partial charge is 0.496 e. The highest BCUT2D eigenvalue weighted by Crippen LogP contribution is 2.42. The minimum atomic E-state index is -1.60. The van der Waals surface area contributed by atoms with Gasteiger partial charge in [-0.2, -0.15) is 0 Å². The Morgan fingerprint density at radius 3 is 2.21 bits per heavy atom. The number of esters is 1. The summed E-state index contributed by atoms with van der Waals surface area (Å²) in [5.41, 5.74) is 1.36. The highest BCUT2D eigenvalue weighted by atomic mass is 32.2. The molecule has 3 aromatic carbocycles. The maximum absolute atomic E-state index is 14.9. The van der Waals surface area contributed by atoms with Crippen LogP contribution in [-0.2, 0) is 15.6 Å². The fourth-order valence-corrected chi connectivity index (χ4v) is 4.09. The lowest BCUT2D eigenvalue weighted by atomic mass is 10.0. The van der Waals surface area contributed by atoms with Crippen molar-refractivity contribution in [2.75, 3.05) is 7.11 Å². The molecule has 0 saturated heterocycles. The lowest BCUT2D eigenvalue weighted by Crippen LogP contribution is -2.06. The third kappa shape index (κ3) is 3.97. The van der Waals surface area contributed by atoms with Crippen LogP contribution in [0.15, 0.2) is 70.5 Å². The Kier molecular flexibility index (Phi) is 5.90. The first-order valence-corrected chi connectivity index (χ1v) is 9.70. The van der Waals surface area contributed by atoms with Gasteiger partial charge < -0.3 is 9.47 Å². The monoisotopic (exact) mass is 398 g/mol. The van der Waals surface area contributed by atoms with E-state index in [-0.39, 0.29) is 11.3 Å². The van der Waals surface area contributed by atoms with Crippen molar-refractivity contribution in [2.45, 2.75) is 23.6 Å². The SMILES string of the molecule is COc1cccc(S(=O)c2ccc(C)cc2)c1-c1c(F)cccc1OC(C)=O. The van der Waals surface area contributed by atoms with Crippen molar-refractivity contribution in [1.29, 1.82) is 0 Å². The van der Waals surface area contributed by atoms with E-state index in [1.165, 1.54) is 32.2 Å².